The van der Waals surface area contributed by atoms with Gasteiger partial charge in [0.15, 0.2) is 5.84 Å². The van der Waals surface area contributed by atoms with E-state index in [0.29, 0.717) is 6.04 Å². The van der Waals surface area contributed by atoms with E-state index in [1.807, 2.05) is 18.2 Å². The second-order valence-corrected chi connectivity index (χ2v) is 4.37. The molecule has 1 saturated heterocycles. The van der Waals surface area contributed by atoms with Gasteiger partial charge in [-0.1, -0.05) is 12.1 Å². The first-order valence-electron chi connectivity index (χ1n) is 6.12. The highest BCUT2D eigenvalue weighted by atomic mass is 15.3. The van der Waals surface area contributed by atoms with Crippen molar-refractivity contribution in [2.45, 2.75) is 18.9 Å². The van der Waals surface area contributed by atoms with Crippen LogP contribution in [0, 0.1) is 16.7 Å². The highest BCUT2D eigenvalue weighted by Crippen LogP contribution is 2.24. The molecule has 0 aromatic heterocycles. The van der Waals surface area contributed by atoms with Crippen molar-refractivity contribution in [2.24, 2.45) is 10.8 Å². The topological polar surface area (TPSA) is 110 Å². The van der Waals surface area contributed by atoms with Crippen LogP contribution in [-0.4, -0.2) is 18.1 Å². The van der Waals surface area contributed by atoms with Crippen molar-refractivity contribution in [3.8, 4) is 6.07 Å². The third kappa shape index (κ3) is 3.30. The lowest BCUT2D eigenvalue weighted by Crippen LogP contribution is -2.21. The Morgan fingerprint density at radius 1 is 1.58 bits per heavy atom. The van der Waals surface area contributed by atoms with E-state index in [0.717, 1.165) is 18.7 Å². The van der Waals surface area contributed by atoms with Gasteiger partial charge >= 0.3 is 0 Å². The Bertz CT molecular complexity index is 536. The quantitative estimate of drug-likeness (QED) is 0.370. The summed E-state index contributed by atoms with van der Waals surface area (Å²) in [6.07, 6.45) is 2.31. The van der Waals surface area contributed by atoms with E-state index in [2.05, 4.69) is 21.9 Å². The van der Waals surface area contributed by atoms with Crippen LogP contribution < -0.4 is 16.5 Å². The second kappa shape index (κ2) is 5.98. The predicted molar refractivity (Wildman–Crippen MR) is 75.0 cm³/mol. The van der Waals surface area contributed by atoms with Crippen LogP contribution in [0.3, 0.4) is 0 Å². The van der Waals surface area contributed by atoms with Crippen LogP contribution in [0.4, 0.5) is 5.69 Å². The Morgan fingerprint density at radius 3 is 3.05 bits per heavy atom. The SMILES string of the molecule is N#C/C(=N\Nc1cccc(C2CCCN2)c1)C(=N)N. The number of hydrogen-bond donors (Lipinski definition) is 4. The number of hydrogen-bond acceptors (Lipinski definition) is 5. The van der Waals surface area contributed by atoms with Gasteiger partial charge in [0.25, 0.3) is 0 Å². The van der Waals surface area contributed by atoms with Gasteiger partial charge in [0.1, 0.15) is 6.07 Å². The first kappa shape index (κ1) is 13.1. The normalized spacial score (nSPS) is 18.9. The Labute approximate surface area is 111 Å². The number of nitrogens with two attached hydrogens (primary N) is 1. The van der Waals surface area contributed by atoms with Crippen LogP contribution >= 0.6 is 0 Å². The fourth-order valence-corrected chi connectivity index (χ4v) is 2.06. The van der Waals surface area contributed by atoms with Gasteiger partial charge in [-0.2, -0.15) is 10.4 Å². The average Bonchev–Trinajstić information content (AvgIpc) is 2.93. The number of anilines is 1. The Balaban J connectivity index is 2.11. The predicted octanol–water partition coefficient (Wildman–Crippen LogP) is 1.34. The highest BCUT2D eigenvalue weighted by molar-refractivity contribution is 6.45. The number of benzene rings is 1. The summed E-state index contributed by atoms with van der Waals surface area (Å²) in [6, 6.07) is 10.00. The molecular formula is C13H16N6. The average molecular weight is 256 g/mol. The minimum Gasteiger partial charge on any atom is -0.382 e. The molecule has 0 saturated carbocycles. The van der Waals surface area contributed by atoms with Crippen molar-refractivity contribution < 1.29 is 0 Å². The van der Waals surface area contributed by atoms with Crippen molar-refractivity contribution in [2.75, 3.05) is 12.0 Å². The molecule has 1 aliphatic rings. The molecule has 6 nitrogen and oxygen atoms in total. The Morgan fingerprint density at radius 2 is 2.42 bits per heavy atom. The molecule has 1 heterocycles. The maximum atomic E-state index is 8.75. The van der Waals surface area contributed by atoms with Crippen molar-refractivity contribution >= 4 is 17.2 Å². The molecule has 0 radical (unpaired) electrons. The van der Waals surface area contributed by atoms with Crippen LogP contribution in [0.1, 0.15) is 24.4 Å². The van der Waals surface area contributed by atoms with Gasteiger partial charge < -0.3 is 11.1 Å². The van der Waals surface area contributed by atoms with Crippen LogP contribution in [0.15, 0.2) is 29.4 Å². The Hall–Kier alpha value is -2.39. The largest absolute Gasteiger partial charge is 0.382 e. The van der Waals surface area contributed by atoms with Crippen LogP contribution in [0.25, 0.3) is 0 Å². The molecule has 19 heavy (non-hydrogen) atoms. The summed E-state index contributed by atoms with van der Waals surface area (Å²) < 4.78 is 0. The molecule has 2 rings (SSSR count). The molecule has 1 atom stereocenters. The summed E-state index contributed by atoms with van der Waals surface area (Å²) in [5.74, 6) is -0.344. The molecule has 1 fully saturated rings. The summed E-state index contributed by atoms with van der Waals surface area (Å²) >= 11 is 0. The smallest absolute Gasteiger partial charge is 0.201 e. The third-order valence-electron chi connectivity index (χ3n) is 3.01. The first-order chi connectivity index (χ1) is 9.20. The van der Waals surface area contributed by atoms with E-state index in [1.165, 1.54) is 12.0 Å². The zero-order valence-electron chi connectivity index (χ0n) is 10.5. The molecule has 1 unspecified atom stereocenters. The van der Waals surface area contributed by atoms with E-state index < -0.39 is 0 Å². The molecule has 5 N–H and O–H groups in total. The van der Waals surface area contributed by atoms with Gasteiger partial charge in [0.2, 0.25) is 5.71 Å². The summed E-state index contributed by atoms with van der Waals surface area (Å²) in [5.41, 5.74) is 9.83. The summed E-state index contributed by atoms with van der Waals surface area (Å²) in [7, 11) is 0. The van der Waals surface area contributed by atoms with E-state index in [9.17, 15) is 0 Å². The minimum atomic E-state index is -0.344. The summed E-state index contributed by atoms with van der Waals surface area (Å²) in [4.78, 5) is 0. The van der Waals surface area contributed by atoms with Crippen LogP contribution in [0.2, 0.25) is 0 Å². The maximum Gasteiger partial charge on any atom is 0.201 e. The van der Waals surface area contributed by atoms with Gasteiger partial charge in [-0.3, -0.25) is 10.8 Å². The molecule has 6 heteroatoms. The van der Waals surface area contributed by atoms with Gasteiger partial charge in [-0.05, 0) is 37.1 Å². The van der Waals surface area contributed by atoms with E-state index in [1.54, 1.807) is 6.07 Å². The van der Waals surface area contributed by atoms with Crippen LogP contribution in [-0.2, 0) is 0 Å². The van der Waals surface area contributed by atoms with E-state index >= 15 is 0 Å². The molecule has 0 bridgehead atoms. The first-order valence-corrected chi connectivity index (χ1v) is 6.12. The van der Waals surface area contributed by atoms with Gasteiger partial charge in [-0.25, -0.2) is 0 Å². The third-order valence-corrected chi connectivity index (χ3v) is 3.01. The Kier molecular flexibility index (Phi) is 4.11. The summed E-state index contributed by atoms with van der Waals surface area (Å²) in [5, 5.41) is 23.2. The second-order valence-electron chi connectivity index (χ2n) is 4.37. The van der Waals surface area contributed by atoms with Crippen molar-refractivity contribution in [1.82, 2.24) is 5.32 Å². The van der Waals surface area contributed by atoms with Gasteiger partial charge in [-0.15, -0.1) is 0 Å². The lowest BCUT2D eigenvalue weighted by molar-refractivity contribution is 0.648. The zero-order valence-corrected chi connectivity index (χ0v) is 10.5. The lowest BCUT2D eigenvalue weighted by Gasteiger charge is -2.11. The highest BCUT2D eigenvalue weighted by Gasteiger charge is 2.15. The van der Waals surface area contributed by atoms with Crippen molar-refractivity contribution in [1.29, 1.82) is 10.7 Å². The molecule has 98 valence electrons. The lowest BCUT2D eigenvalue weighted by atomic mass is 10.1. The molecule has 1 aromatic rings. The molecular weight excluding hydrogens is 240 g/mol. The van der Waals surface area contributed by atoms with Crippen LogP contribution in [0.5, 0.6) is 0 Å². The number of nitriles is 1. The molecule has 0 amide bonds. The summed E-state index contributed by atoms with van der Waals surface area (Å²) in [6.45, 7) is 1.05. The fourth-order valence-electron chi connectivity index (χ4n) is 2.06. The van der Waals surface area contributed by atoms with E-state index in [-0.39, 0.29) is 11.5 Å². The van der Waals surface area contributed by atoms with Crippen molar-refractivity contribution in [3.63, 3.8) is 0 Å². The molecule has 1 aliphatic heterocycles. The molecule has 0 aliphatic carbocycles. The maximum absolute atomic E-state index is 8.75. The monoisotopic (exact) mass is 256 g/mol. The molecule has 1 aromatic carbocycles. The number of rotatable bonds is 4. The van der Waals surface area contributed by atoms with E-state index in [4.69, 9.17) is 16.4 Å². The standard InChI is InChI=1S/C13H16N6/c14-8-12(13(15)16)19-18-10-4-1-3-9(7-10)11-5-2-6-17-11/h1,3-4,7,11,17-18H,2,5-6H2,(H3,15,16)/b19-12+. The number of nitrogens with one attached hydrogen (secondary N) is 3. The number of hydrazone groups is 1. The number of amidine groups is 1. The number of nitrogens with zero attached hydrogens (tertiary/aromatic N) is 2. The van der Waals surface area contributed by atoms with Gasteiger partial charge in [0, 0.05) is 6.04 Å². The van der Waals surface area contributed by atoms with Crippen molar-refractivity contribution in [3.05, 3.63) is 29.8 Å². The van der Waals surface area contributed by atoms with Gasteiger partial charge in [0.05, 0.1) is 5.69 Å². The fraction of sp³-hybridized carbons (Fsp3) is 0.308. The zero-order chi connectivity index (χ0) is 13.7. The molecule has 0 spiro atoms. The minimum absolute atomic E-state index is 0.121.